The van der Waals surface area contributed by atoms with Gasteiger partial charge in [0.05, 0.1) is 25.1 Å². The van der Waals surface area contributed by atoms with Gasteiger partial charge >= 0.3 is 0 Å². The van der Waals surface area contributed by atoms with Crippen molar-refractivity contribution >= 4 is 11.6 Å². The number of aromatic nitrogens is 3. The fourth-order valence-corrected chi connectivity index (χ4v) is 1.17. The van der Waals surface area contributed by atoms with Gasteiger partial charge in [0.15, 0.2) is 5.82 Å². The molecule has 16 heavy (non-hydrogen) atoms. The van der Waals surface area contributed by atoms with Crippen molar-refractivity contribution in [2.75, 3.05) is 10.7 Å². The lowest BCUT2D eigenvalue weighted by Crippen LogP contribution is -2.10. The first-order chi connectivity index (χ1) is 7.78. The molecule has 84 valence electrons. The molecule has 0 atom stereocenters. The van der Waals surface area contributed by atoms with Gasteiger partial charge in [-0.3, -0.25) is 4.98 Å². The summed E-state index contributed by atoms with van der Waals surface area (Å²) in [5.41, 5.74) is 2.42. The van der Waals surface area contributed by atoms with Crippen molar-refractivity contribution in [3.05, 3.63) is 30.2 Å². The van der Waals surface area contributed by atoms with E-state index in [2.05, 4.69) is 25.7 Å². The van der Waals surface area contributed by atoms with Crippen LogP contribution in [0.2, 0.25) is 0 Å². The number of rotatable bonds is 4. The number of nitrogens with two attached hydrogens (primary N) is 1. The quantitative estimate of drug-likeness (QED) is 0.514. The number of aryl methyl sites for hydroxylation is 1. The highest BCUT2D eigenvalue weighted by molar-refractivity contribution is 5.40. The smallest absolute Gasteiger partial charge is 0.213 e. The molecule has 2 aromatic rings. The van der Waals surface area contributed by atoms with Crippen LogP contribution in [0.15, 0.2) is 23.0 Å². The first-order valence-corrected chi connectivity index (χ1v) is 4.72. The molecule has 2 rings (SSSR count). The SMILES string of the molecule is Cc1cnc(CNc2cncc(NN)n2)o1. The standard InChI is InChI=1S/C9H12N6O/c1-6-2-13-9(16-6)5-12-7-3-11-4-8(14-7)15-10/h2-4H,5,10H2,1H3,(H2,12,14,15). The zero-order valence-corrected chi connectivity index (χ0v) is 8.77. The highest BCUT2D eigenvalue weighted by Gasteiger charge is 2.01. The van der Waals surface area contributed by atoms with E-state index in [1.54, 1.807) is 12.4 Å². The summed E-state index contributed by atoms with van der Waals surface area (Å²) < 4.78 is 5.30. The minimum atomic E-state index is 0.455. The van der Waals surface area contributed by atoms with Gasteiger partial charge in [-0.25, -0.2) is 15.8 Å². The molecule has 0 aromatic carbocycles. The predicted octanol–water partition coefficient (Wildman–Crippen LogP) is 0.671. The molecule has 7 heteroatoms. The fourth-order valence-electron chi connectivity index (χ4n) is 1.17. The zero-order valence-electron chi connectivity index (χ0n) is 8.77. The third-order valence-electron chi connectivity index (χ3n) is 1.87. The van der Waals surface area contributed by atoms with Crippen molar-refractivity contribution in [3.8, 4) is 0 Å². The molecule has 0 aliphatic rings. The van der Waals surface area contributed by atoms with E-state index in [1.807, 2.05) is 6.92 Å². The Morgan fingerprint density at radius 3 is 2.81 bits per heavy atom. The molecule has 0 amide bonds. The highest BCUT2D eigenvalue weighted by atomic mass is 16.4. The number of hydrogen-bond donors (Lipinski definition) is 3. The van der Waals surface area contributed by atoms with Crippen LogP contribution in [0, 0.1) is 6.92 Å². The molecule has 2 heterocycles. The number of nitrogens with zero attached hydrogens (tertiary/aromatic N) is 3. The molecule has 2 aromatic heterocycles. The normalized spacial score (nSPS) is 10.1. The predicted molar refractivity (Wildman–Crippen MR) is 58.4 cm³/mol. The Labute approximate surface area is 92.1 Å². The Morgan fingerprint density at radius 2 is 2.12 bits per heavy atom. The largest absolute Gasteiger partial charge is 0.444 e. The second-order valence-electron chi connectivity index (χ2n) is 3.15. The van der Waals surface area contributed by atoms with Crippen LogP contribution in [0.25, 0.3) is 0 Å². The summed E-state index contributed by atoms with van der Waals surface area (Å²) in [6.07, 6.45) is 4.79. The monoisotopic (exact) mass is 220 g/mol. The van der Waals surface area contributed by atoms with Crippen molar-refractivity contribution in [3.63, 3.8) is 0 Å². The van der Waals surface area contributed by atoms with E-state index in [4.69, 9.17) is 10.3 Å². The molecule has 0 spiro atoms. The number of nitrogen functional groups attached to an aromatic ring is 1. The van der Waals surface area contributed by atoms with Gasteiger partial charge in [-0.1, -0.05) is 0 Å². The molecule has 4 N–H and O–H groups in total. The van der Waals surface area contributed by atoms with Gasteiger partial charge in [0.1, 0.15) is 11.6 Å². The number of oxazole rings is 1. The van der Waals surface area contributed by atoms with Crippen LogP contribution in [0.4, 0.5) is 11.6 Å². The van der Waals surface area contributed by atoms with Gasteiger partial charge in [-0.05, 0) is 6.92 Å². The van der Waals surface area contributed by atoms with Crippen LogP contribution < -0.4 is 16.6 Å². The van der Waals surface area contributed by atoms with E-state index in [-0.39, 0.29) is 0 Å². The molecule has 0 unspecified atom stereocenters. The first-order valence-electron chi connectivity index (χ1n) is 4.72. The summed E-state index contributed by atoms with van der Waals surface area (Å²) in [5.74, 6) is 7.70. The summed E-state index contributed by atoms with van der Waals surface area (Å²) in [6, 6.07) is 0. The summed E-state index contributed by atoms with van der Waals surface area (Å²) in [6.45, 7) is 2.30. The van der Waals surface area contributed by atoms with Gasteiger partial charge in [-0.2, -0.15) is 0 Å². The molecule has 0 saturated heterocycles. The van der Waals surface area contributed by atoms with Crippen LogP contribution in [-0.2, 0) is 6.54 Å². The maximum Gasteiger partial charge on any atom is 0.213 e. The molecule has 0 saturated carbocycles. The molecule has 0 fully saturated rings. The fraction of sp³-hybridized carbons (Fsp3) is 0.222. The topological polar surface area (TPSA) is 102 Å². The lowest BCUT2D eigenvalue weighted by Gasteiger charge is -2.04. The lowest BCUT2D eigenvalue weighted by molar-refractivity contribution is 0.479. The van der Waals surface area contributed by atoms with E-state index in [0.717, 1.165) is 5.76 Å². The van der Waals surface area contributed by atoms with Gasteiger partial charge in [0, 0.05) is 0 Å². The maximum atomic E-state index is 5.30. The summed E-state index contributed by atoms with van der Waals surface area (Å²) >= 11 is 0. The van der Waals surface area contributed by atoms with E-state index in [1.165, 1.54) is 6.20 Å². The second-order valence-corrected chi connectivity index (χ2v) is 3.15. The number of hydrazine groups is 1. The summed E-state index contributed by atoms with van der Waals surface area (Å²) in [7, 11) is 0. The lowest BCUT2D eigenvalue weighted by atomic mass is 10.5. The average Bonchev–Trinajstić information content (AvgIpc) is 2.73. The molecular formula is C9H12N6O. The van der Waals surface area contributed by atoms with Gasteiger partial charge < -0.3 is 15.2 Å². The van der Waals surface area contributed by atoms with Gasteiger partial charge in [0.2, 0.25) is 5.89 Å². The summed E-state index contributed by atoms with van der Waals surface area (Å²) in [4.78, 5) is 12.1. The van der Waals surface area contributed by atoms with E-state index < -0.39 is 0 Å². The Bertz CT molecular complexity index is 469. The van der Waals surface area contributed by atoms with Crippen molar-refractivity contribution in [2.45, 2.75) is 13.5 Å². The minimum absolute atomic E-state index is 0.455. The number of anilines is 2. The van der Waals surface area contributed by atoms with Gasteiger partial charge in [-0.15, -0.1) is 0 Å². The van der Waals surface area contributed by atoms with E-state index >= 15 is 0 Å². The van der Waals surface area contributed by atoms with Crippen LogP contribution in [0.3, 0.4) is 0 Å². The highest BCUT2D eigenvalue weighted by Crippen LogP contribution is 2.08. The van der Waals surface area contributed by atoms with Crippen LogP contribution in [-0.4, -0.2) is 15.0 Å². The zero-order chi connectivity index (χ0) is 11.4. The molecule has 0 radical (unpaired) electrons. The van der Waals surface area contributed by atoms with Crippen molar-refractivity contribution in [1.29, 1.82) is 0 Å². The third-order valence-corrected chi connectivity index (χ3v) is 1.87. The Kier molecular flexibility index (Phi) is 2.97. The van der Waals surface area contributed by atoms with Crippen molar-refractivity contribution in [2.24, 2.45) is 5.84 Å². The summed E-state index contributed by atoms with van der Waals surface area (Å²) in [5, 5.41) is 3.02. The maximum absolute atomic E-state index is 5.30. The molecule has 0 bridgehead atoms. The Morgan fingerprint density at radius 1 is 1.31 bits per heavy atom. The van der Waals surface area contributed by atoms with Crippen molar-refractivity contribution < 1.29 is 4.42 Å². The van der Waals surface area contributed by atoms with Crippen LogP contribution >= 0.6 is 0 Å². The Hall–Kier alpha value is -2.15. The van der Waals surface area contributed by atoms with E-state index in [0.29, 0.717) is 24.1 Å². The van der Waals surface area contributed by atoms with Crippen molar-refractivity contribution in [1.82, 2.24) is 15.0 Å². The Balaban J connectivity index is 1.99. The van der Waals surface area contributed by atoms with E-state index in [9.17, 15) is 0 Å². The number of nitrogens with one attached hydrogen (secondary N) is 2. The average molecular weight is 220 g/mol. The number of hydrogen-bond acceptors (Lipinski definition) is 7. The second kappa shape index (κ2) is 4.58. The third kappa shape index (κ3) is 2.45. The molecular weight excluding hydrogens is 208 g/mol. The molecule has 7 nitrogen and oxygen atoms in total. The van der Waals surface area contributed by atoms with Gasteiger partial charge in [0.25, 0.3) is 0 Å². The molecule has 0 aliphatic carbocycles. The van der Waals surface area contributed by atoms with Crippen LogP contribution in [0.1, 0.15) is 11.7 Å². The molecule has 0 aliphatic heterocycles. The minimum Gasteiger partial charge on any atom is -0.444 e. The van der Waals surface area contributed by atoms with Crippen LogP contribution in [0.5, 0.6) is 0 Å². The first kappa shape index (κ1) is 10.4.